The number of hydrogen-bond donors (Lipinski definition) is 1. The Hall–Kier alpha value is 0.310. The molecular weight excluding hydrogens is 142 g/mol. The number of hydrogen-bond acceptors (Lipinski definition) is 2. The first kappa shape index (κ1) is 6.99. The van der Waals surface area contributed by atoms with Crippen LogP contribution in [-0.4, -0.2) is 23.6 Å². The average molecular weight is 157 g/mol. The maximum absolute atomic E-state index is 3.67. The predicted molar refractivity (Wildman–Crippen MR) is 46.5 cm³/mol. The second-order valence-electron chi connectivity index (χ2n) is 3.47. The zero-order valence-electron chi connectivity index (χ0n) is 6.36. The largest absolute Gasteiger partial charge is 0.310 e. The van der Waals surface area contributed by atoms with Crippen LogP contribution < -0.4 is 5.32 Å². The van der Waals surface area contributed by atoms with Crippen molar-refractivity contribution in [2.24, 2.45) is 0 Å². The Morgan fingerprint density at radius 3 is 2.60 bits per heavy atom. The minimum absolute atomic E-state index is 0.586. The van der Waals surface area contributed by atoms with Crippen LogP contribution in [-0.2, 0) is 0 Å². The van der Waals surface area contributed by atoms with E-state index in [0.717, 1.165) is 0 Å². The Balaban J connectivity index is 1.98. The Morgan fingerprint density at radius 2 is 2.00 bits per heavy atom. The van der Waals surface area contributed by atoms with E-state index in [0.29, 0.717) is 5.54 Å². The topological polar surface area (TPSA) is 12.0 Å². The molecular formula is C8H15NS. The molecule has 1 heterocycles. The molecule has 58 valence electrons. The normalized spacial score (nSPS) is 31.2. The monoisotopic (exact) mass is 157 g/mol. The second kappa shape index (κ2) is 2.74. The van der Waals surface area contributed by atoms with Crippen molar-refractivity contribution < 1.29 is 0 Å². The summed E-state index contributed by atoms with van der Waals surface area (Å²) in [4.78, 5) is 0. The zero-order valence-corrected chi connectivity index (χ0v) is 7.17. The van der Waals surface area contributed by atoms with E-state index in [4.69, 9.17) is 0 Å². The summed E-state index contributed by atoms with van der Waals surface area (Å²) in [6.07, 6.45) is 5.76. The quantitative estimate of drug-likeness (QED) is 0.573. The van der Waals surface area contributed by atoms with Gasteiger partial charge in [0.2, 0.25) is 0 Å². The highest BCUT2D eigenvalue weighted by atomic mass is 32.2. The fourth-order valence-electron chi connectivity index (χ4n) is 2.08. The minimum atomic E-state index is 0.586. The lowest BCUT2D eigenvalue weighted by molar-refractivity contribution is 0.375. The van der Waals surface area contributed by atoms with Crippen molar-refractivity contribution in [3.8, 4) is 0 Å². The Bertz CT molecular complexity index is 110. The third-order valence-electron chi connectivity index (χ3n) is 2.69. The number of thioether (sulfide) groups is 1. The van der Waals surface area contributed by atoms with Crippen LogP contribution in [0.3, 0.4) is 0 Å². The first-order valence-electron chi connectivity index (χ1n) is 4.24. The van der Waals surface area contributed by atoms with E-state index in [1.165, 1.54) is 43.7 Å². The molecule has 0 unspecified atom stereocenters. The summed E-state index contributed by atoms with van der Waals surface area (Å²) >= 11 is 2.13. The third kappa shape index (κ3) is 1.19. The summed E-state index contributed by atoms with van der Waals surface area (Å²) in [6.45, 7) is 1.24. The molecule has 1 nitrogen and oxygen atoms in total. The lowest BCUT2D eigenvalue weighted by atomic mass is 10.0. The summed E-state index contributed by atoms with van der Waals surface area (Å²) in [7, 11) is 0. The van der Waals surface area contributed by atoms with Gasteiger partial charge < -0.3 is 5.32 Å². The van der Waals surface area contributed by atoms with Gasteiger partial charge in [0.05, 0.1) is 0 Å². The molecule has 1 N–H and O–H groups in total. The number of nitrogens with one attached hydrogen (secondary N) is 1. The van der Waals surface area contributed by atoms with Gasteiger partial charge in [-0.05, 0) is 12.8 Å². The molecule has 1 saturated carbocycles. The lowest BCUT2D eigenvalue weighted by Crippen LogP contribution is -2.49. The van der Waals surface area contributed by atoms with Crippen LogP contribution >= 0.6 is 11.8 Å². The SMILES string of the molecule is C1CCC2(C1)CSCCN2. The molecule has 1 aliphatic heterocycles. The van der Waals surface area contributed by atoms with E-state index in [9.17, 15) is 0 Å². The molecule has 0 radical (unpaired) electrons. The van der Waals surface area contributed by atoms with E-state index in [2.05, 4.69) is 17.1 Å². The lowest BCUT2D eigenvalue weighted by Gasteiger charge is -2.34. The Kier molecular flexibility index (Phi) is 1.92. The molecule has 10 heavy (non-hydrogen) atoms. The van der Waals surface area contributed by atoms with Crippen LogP contribution in [0.2, 0.25) is 0 Å². The molecule has 2 heteroatoms. The zero-order chi connectivity index (χ0) is 6.86. The fourth-order valence-corrected chi connectivity index (χ4v) is 3.25. The van der Waals surface area contributed by atoms with E-state index < -0.39 is 0 Å². The molecule has 1 spiro atoms. The average Bonchev–Trinajstić information content (AvgIpc) is 2.39. The van der Waals surface area contributed by atoms with Crippen molar-refractivity contribution in [2.75, 3.05) is 18.1 Å². The maximum Gasteiger partial charge on any atom is 0.0272 e. The van der Waals surface area contributed by atoms with Gasteiger partial charge in [0, 0.05) is 23.6 Å². The van der Waals surface area contributed by atoms with Crippen molar-refractivity contribution in [3.05, 3.63) is 0 Å². The summed E-state index contributed by atoms with van der Waals surface area (Å²) in [6, 6.07) is 0. The highest BCUT2D eigenvalue weighted by molar-refractivity contribution is 7.99. The van der Waals surface area contributed by atoms with Gasteiger partial charge in [-0.1, -0.05) is 12.8 Å². The van der Waals surface area contributed by atoms with E-state index in [1.807, 2.05) is 0 Å². The molecule has 0 amide bonds. The minimum Gasteiger partial charge on any atom is -0.310 e. The van der Waals surface area contributed by atoms with Gasteiger partial charge in [-0.25, -0.2) is 0 Å². The van der Waals surface area contributed by atoms with Crippen LogP contribution in [0.5, 0.6) is 0 Å². The van der Waals surface area contributed by atoms with Crippen molar-refractivity contribution in [2.45, 2.75) is 31.2 Å². The van der Waals surface area contributed by atoms with Crippen LogP contribution in [0.25, 0.3) is 0 Å². The molecule has 1 saturated heterocycles. The molecule has 0 bridgehead atoms. The van der Waals surface area contributed by atoms with E-state index in [1.54, 1.807) is 0 Å². The number of rotatable bonds is 0. The standard InChI is InChI=1S/C8H15NS/c1-2-4-8(3-1)7-10-6-5-9-8/h9H,1-7H2. The first-order valence-corrected chi connectivity index (χ1v) is 5.40. The molecule has 0 aromatic heterocycles. The molecule has 2 aliphatic rings. The van der Waals surface area contributed by atoms with Gasteiger partial charge in [-0.15, -0.1) is 0 Å². The third-order valence-corrected chi connectivity index (χ3v) is 3.93. The molecule has 0 aromatic carbocycles. The van der Waals surface area contributed by atoms with Crippen LogP contribution in [0.15, 0.2) is 0 Å². The van der Waals surface area contributed by atoms with E-state index >= 15 is 0 Å². The molecule has 0 atom stereocenters. The fraction of sp³-hybridized carbons (Fsp3) is 1.00. The van der Waals surface area contributed by atoms with Crippen LogP contribution in [0.1, 0.15) is 25.7 Å². The first-order chi connectivity index (χ1) is 4.91. The van der Waals surface area contributed by atoms with Crippen molar-refractivity contribution in [1.29, 1.82) is 0 Å². The Labute approximate surface area is 67.0 Å². The predicted octanol–water partition coefficient (Wildman–Crippen LogP) is 1.64. The maximum atomic E-state index is 3.67. The molecule has 2 rings (SSSR count). The van der Waals surface area contributed by atoms with Gasteiger partial charge in [0.1, 0.15) is 0 Å². The van der Waals surface area contributed by atoms with Gasteiger partial charge in [0.15, 0.2) is 0 Å². The van der Waals surface area contributed by atoms with Gasteiger partial charge in [-0.2, -0.15) is 11.8 Å². The highest BCUT2D eigenvalue weighted by Gasteiger charge is 2.34. The van der Waals surface area contributed by atoms with Crippen molar-refractivity contribution in [1.82, 2.24) is 5.32 Å². The summed E-state index contributed by atoms with van der Waals surface area (Å²) in [5.41, 5.74) is 0.586. The van der Waals surface area contributed by atoms with E-state index in [-0.39, 0.29) is 0 Å². The summed E-state index contributed by atoms with van der Waals surface area (Å²) in [5, 5.41) is 3.67. The second-order valence-corrected chi connectivity index (χ2v) is 4.57. The van der Waals surface area contributed by atoms with Crippen molar-refractivity contribution in [3.63, 3.8) is 0 Å². The molecule has 0 aromatic rings. The van der Waals surface area contributed by atoms with Crippen molar-refractivity contribution >= 4 is 11.8 Å². The van der Waals surface area contributed by atoms with Gasteiger partial charge >= 0.3 is 0 Å². The summed E-state index contributed by atoms with van der Waals surface area (Å²) < 4.78 is 0. The Morgan fingerprint density at radius 1 is 1.20 bits per heavy atom. The van der Waals surface area contributed by atoms with Crippen LogP contribution in [0, 0.1) is 0 Å². The summed E-state index contributed by atoms with van der Waals surface area (Å²) in [5.74, 6) is 2.69. The molecule has 1 aliphatic carbocycles. The smallest absolute Gasteiger partial charge is 0.0272 e. The van der Waals surface area contributed by atoms with Gasteiger partial charge in [0.25, 0.3) is 0 Å². The highest BCUT2D eigenvalue weighted by Crippen LogP contribution is 2.34. The molecule has 2 fully saturated rings. The van der Waals surface area contributed by atoms with Crippen LogP contribution in [0.4, 0.5) is 0 Å². The van der Waals surface area contributed by atoms with Gasteiger partial charge in [-0.3, -0.25) is 0 Å².